The van der Waals surface area contributed by atoms with Gasteiger partial charge in [-0.1, -0.05) is 208 Å². The lowest BCUT2D eigenvalue weighted by Crippen LogP contribution is -2.16. The molecule has 0 fully saturated rings. The fourth-order valence-corrected chi connectivity index (χ4v) is 10.4. The molecule has 0 bridgehead atoms. The SMILES string of the molecule is CC1(C)c2ccccc2-c2ccc(N(c3ccc(-c4ccc(-c5cccc(-c6ccc7ccccc7c6)c5)cc4)cc3)c3ccc(-c4cc(-c5ccccc5)cc(-c5ccccc5)c4)cc3)cc21. The van der Waals surface area contributed by atoms with Crippen LogP contribution in [0, 0.1) is 0 Å². The zero-order chi connectivity index (χ0) is 45.6. The Balaban J connectivity index is 0.886. The second-order valence-electron chi connectivity index (χ2n) is 18.6. The Morgan fingerprint density at radius 2 is 0.618 bits per heavy atom. The van der Waals surface area contributed by atoms with Crippen LogP contribution in [0.15, 0.2) is 261 Å². The fraction of sp³-hybridized carbons (Fsp3) is 0.0448. The van der Waals surface area contributed by atoms with Crippen LogP contribution in [-0.4, -0.2) is 0 Å². The van der Waals surface area contributed by atoms with E-state index in [1.54, 1.807) is 0 Å². The molecule has 0 radical (unpaired) electrons. The van der Waals surface area contributed by atoms with Gasteiger partial charge in [-0.15, -0.1) is 0 Å². The largest absolute Gasteiger partial charge is 0.310 e. The molecule has 0 unspecified atom stereocenters. The van der Waals surface area contributed by atoms with Gasteiger partial charge in [-0.2, -0.15) is 0 Å². The summed E-state index contributed by atoms with van der Waals surface area (Å²) >= 11 is 0. The molecule has 11 aromatic carbocycles. The maximum atomic E-state index is 2.42. The number of rotatable bonds is 9. The summed E-state index contributed by atoms with van der Waals surface area (Å²) in [4.78, 5) is 2.41. The van der Waals surface area contributed by atoms with Crippen LogP contribution < -0.4 is 4.90 Å². The van der Waals surface area contributed by atoms with Crippen molar-refractivity contribution in [3.05, 3.63) is 272 Å². The Hall–Kier alpha value is -8.52. The predicted octanol–water partition coefficient (Wildman–Crippen LogP) is 18.6. The molecule has 322 valence electrons. The van der Waals surface area contributed by atoms with E-state index < -0.39 is 0 Å². The molecule has 1 nitrogen and oxygen atoms in total. The van der Waals surface area contributed by atoms with E-state index >= 15 is 0 Å². The molecule has 0 N–H and O–H groups in total. The lowest BCUT2D eigenvalue weighted by molar-refractivity contribution is 0.660. The third-order valence-corrected chi connectivity index (χ3v) is 14.1. The molecule has 68 heavy (non-hydrogen) atoms. The highest BCUT2D eigenvalue weighted by molar-refractivity contribution is 5.90. The molecule has 1 heteroatoms. The smallest absolute Gasteiger partial charge is 0.0465 e. The maximum absolute atomic E-state index is 2.42. The minimum Gasteiger partial charge on any atom is -0.310 e. The third kappa shape index (κ3) is 7.59. The van der Waals surface area contributed by atoms with Crippen LogP contribution in [-0.2, 0) is 5.41 Å². The predicted molar refractivity (Wildman–Crippen MR) is 289 cm³/mol. The van der Waals surface area contributed by atoms with E-state index in [-0.39, 0.29) is 5.41 Å². The minimum atomic E-state index is -0.120. The molecule has 12 rings (SSSR count). The van der Waals surface area contributed by atoms with Gasteiger partial charge in [0.1, 0.15) is 0 Å². The van der Waals surface area contributed by atoms with Gasteiger partial charge in [0.25, 0.3) is 0 Å². The highest BCUT2D eigenvalue weighted by atomic mass is 15.1. The lowest BCUT2D eigenvalue weighted by atomic mass is 9.82. The number of hydrogen-bond acceptors (Lipinski definition) is 1. The Kier molecular flexibility index (Phi) is 10.3. The van der Waals surface area contributed by atoms with Crippen molar-refractivity contribution >= 4 is 27.8 Å². The quantitative estimate of drug-likeness (QED) is 0.140. The molecule has 0 saturated carbocycles. The number of nitrogens with zero attached hydrogens (tertiary/aromatic N) is 1. The molecule has 0 heterocycles. The molecular formula is C67H49N. The second kappa shape index (κ2) is 17.0. The van der Waals surface area contributed by atoms with Crippen molar-refractivity contribution in [2.24, 2.45) is 0 Å². The molecule has 0 aromatic heterocycles. The van der Waals surface area contributed by atoms with Gasteiger partial charge < -0.3 is 4.90 Å². The first kappa shape index (κ1) is 40.9. The van der Waals surface area contributed by atoms with Crippen molar-refractivity contribution in [3.63, 3.8) is 0 Å². The molecular weight excluding hydrogens is 819 g/mol. The fourth-order valence-electron chi connectivity index (χ4n) is 10.4. The Bertz CT molecular complexity index is 3550. The van der Waals surface area contributed by atoms with Crippen LogP contribution in [0.1, 0.15) is 25.0 Å². The molecule has 1 aliphatic carbocycles. The molecule has 11 aromatic rings. The summed E-state index contributed by atoms with van der Waals surface area (Å²) in [5.74, 6) is 0. The van der Waals surface area contributed by atoms with E-state index in [4.69, 9.17) is 0 Å². The number of anilines is 3. The van der Waals surface area contributed by atoms with Gasteiger partial charge in [0.15, 0.2) is 0 Å². The van der Waals surface area contributed by atoms with Gasteiger partial charge in [0.05, 0.1) is 0 Å². The third-order valence-electron chi connectivity index (χ3n) is 14.1. The monoisotopic (exact) mass is 867 g/mol. The van der Waals surface area contributed by atoms with E-state index in [0.717, 1.165) is 17.1 Å². The summed E-state index contributed by atoms with van der Waals surface area (Å²) in [6.07, 6.45) is 0. The van der Waals surface area contributed by atoms with Crippen LogP contribution in [0.25, 0.3) is 88.7 Å². The number of fused-ring (bicyclic) bond motifs is 4. The molecule has 0 atom stereocenters. The molecule has 0 aliphatic heterocycles. The summed E-state index contributed by atoms with van der Waals surface area (Å²) in [6.45, 7) is 4.71. The first-order valence-electron chi connectivity index (χ1n) is 23.6. The van der Waals surface area contributed by atoms with E-state index in [2.05, 4.69) is 280 Å². The zero-order valence-corrected chi connectivity index (χ0v) is 38.3. The standard InChI is InChI=1S/C67H49N/c1-67(2)65-23-12-11-22-63(65)64-39-38-62(45-66(64)67)68(61-36-32-52(33-37-61)59-43-57(46-14-5-3-6-15-46)42-58(44-59)47-16-7-4-8-17-47)60-34-30-50(31-35-60)49-24-26-51(27-25-49)54-20-13-21-55(40-54)56-29-28-48-18-9-10-19-53(48)41-56/h3-45H,1-2H3. The molecule has 0 amide bonds. The zero-order valence-electron chi connectivity index (χ0n) is 38.3. The van der Waals surface area contributed by atoms with Crippen LogP contribution in [0.3, 0.4) is 0 Å². The topological polar surface area (TPSA) is 3.24 Å². The molecule has 0 spiro atoms. The van der Waals surface area contributed by atoms with Crippen molar-refractivity contribution in [1.82, 2.24) is 0 Å². The van der Waals surface area contributed by atoms with Gasteiger partial charge >= 0.3 is 0 Å². The Morgan fingerprint density at radius 3 is 1.22 bits per heavy atom. The average Bonchev–Trinajstić information content (AvgIpc) is 3.64. The van der Waals surface area contributed by atoms with Crippen molar-refractivity contribution < 1.29 is 0 Å². The van der Waals surface area contributed by atoms with Crippen molar-refractivity contribution in [2.45, 2.75) is 19.3 Å². The van der Waals surface area contributed by atoms with E-state index in [0.29, 0.717) is 0 Å². The summed E-state index contributed by atoms with van der Waals surface area (Å²) in [6, 6.07) is 95.6. The highest BCUT2D eigenvalue weighted by Crippen LogP contribution is 2.51. The van der Waals surface area contributed by atoms with E-state index in [1.807, 2.05) is 0 Å². The lowest BCUT2D eigenvalue weighted by Gasteiger charge is -2.28. The number of benzene rings is 11. The van der Waals surface area contributed by atoms with Crippen LogP contribution >= 0.6 is 0 Å². The van der Waals surface area contributed by atoms with Gasteiger partial charge in [0.2, 0.25) is 0 Å². The minimum absolute atomic E-state index is 0.120. The van der Waals surface area contributed by atoms with Crippen LogP contribution in [0.5, 0.6) is 0 Å². The molecule has 0 saturated heterocycles. The van der Waals surface area contributed by atoms with Gasteiger partial charge in [-0.05, 0) is 167 Å². The summed E-state index contributed by atoms with van der Waals surface area (Å²) in [5.41, 5.74) is 23.0. The maximum Gasteiger partial charge on any atom is 0.0465 e. The van der Waals surface area contributed by atoms with E-state index in [9.17, 15) is 0 Å². The highest BCUT2D eigenvalue weighted by Gasteiger charge is 2.35. The summed E-state index contributed by atoms with van der Waals surface area (Å²) < 4.78 is 0. The Morgan fingerprint density at radius 1 is 0.235 bits per heavy atom. The van der Waals surface area contributed by atoms with Crippen molar-refractivity contribution in [1.29, 1.82) is 0 Å². The summed E-state index contributed by atoms with van der Waals surface area (Å²) in [7, 11) is 0. The van der Waals surface area contributed by atoms with Gasteiger partial charge in [-0.25, -0.2) is 0 Å². The second-order valence-corrected chi connectivity index (χ2v) is 18.6. The van der Waals surface area contributed by atoms with Crippen LogP contribution in [0.4, 0.5) is 17.1 Å². The number of hydrogen-bond donors (Lipinski definition) is 0. The molecule has 1 aliphatic rings. The first-order valence-corrected chi connectivity index (χ1v) is 23.6. The normalized spacial score (nSPS) is 12.4. The van der Waals surface area contributed by atoms with Crippen molar-refractivity contribution in [3.8, 4) is 77.9 Å². The summed E-state index contributed by atoms with van der Waals surface area (Å²) in [5, 5.41) is 2.52. The Labute approximate surface area is 399 Å². The average molecular weight is 868 g/mol. The van der Waals surface area contributed by atoms with Gasteiger partial charge in [-0.3, -0.25) is 0 Å². The first-order chi connectivity index (χ1) is 33.4. The van der Waals surface area contributed by atoms with Crippen molar-refractivity contribution in [2.75, 3.05) is 4.90 Å². The van der Waals surface area contributed by atoms with Gasteiger partial charge in [0, 0.05) is 22.5 Å². The van der Waals surface area contributed by atoms with E-state index in [1.165, 1.54) is 99.8 Å². The van der Waals surface area contributed by atoms with Crippen LogP contribution in [0.2, 0.25) is 0 Å².